The number of esters is 2. The van der Waals surface area contributed by atoms with E-state index in [9.17, 15) is 31.5 Å². The Morgan fingerprint density at radius 2 is 1.53 bits per heavy atom. The van der Waals surface area contributed by atoms with Gasteiger partial charge in [0.1, 0.15) is 6.10 Å². The summed E-state index contributed by atoms with van der Waals surface area (Å²) >= 11 is 0. The number of methoxy groups -OCH3 is 2. The van der Waals surface area contributed by atoms with Gasteiger partial charge in [0, 0.05) is 13.2 Å². The van der Waals surface area contributed by atoms with Crippen molar-refractivity contribution < 1.29 is 45.8 Å². The Balaban J connectivity index is 5.07. The van der Waals surface area contributed by atoms with Gasteiger partial charge in [-0.3, -0.25) is 0 Å². The van der Waals surface area contributed by atoms with Gasteiger partial charge in [0.25, 0.3) is 0 Å². The molecule has 0 saturated carbocycles. The van der Waals surface area contributed by atoms with Crippen LogP contribution in [0.25, 0.3) is 0 Å². The molecule has 1 atom stereocenters. The molecule has 0 N–H and O–H groups in total. The fourth-order valence-corrected chi connectivity index (χ4v) is 2.34. The van der Waals surface area contributed by atoms with Crippen LogP contribution in [0.4, 0.5) is 22.0 Å². The molecule has 0 rings (SSSR count). The molecular weight excluding hydrogens is 415 g/mol. The van der Waals surface area contributed by atoms with Crippen molar-refractivity contribution in [2.24, 2.45) is 0 Å². The summed E-state index contributed by atoms with van der Waals surface area (Å²) in [4.78, 5) is 22.6. The number of ether oxygens (including phenoxy) is 3. The van der Waals surface area contributed by atoms with E-state index in [1.807, 2.05) is 6.08 Å². The van der Waals surface area contributed by atoms with Crippen LogP contribution >= 0.6 is 0 Å². The van der Waals surface area contributed by atoms with E-state index < -0.39 is 35.7 Å². The first-order chi connectivity index (χ1) is 13.6. The molecule has 0 heterocycles. The third kappa shape index (κ3) is 8.81. The Morgan fingerprint density at radius 3 is 2.00 bits per heavy atom. The van der Waals surface area contributed by atoms with Crippen molar-refractivity contribution >= 4 is 11.9 Å². The second-order valence-electron chi connectivity index (χ2n) is 7.42. The summed E-state index contributed by atoms with van der Waals surface area (Å²) in [5.74, 6) is -8.73. The number of alkyl halides is 5. The van der Waals surface area contributed by atoms with E-state index in [4.69, 9.17) is 4.74 Å². The summed E-state index contributed by atoms with van der Waals surface area (Å²) in [6.45, 7) is 6.37. The van der Waals surface area contributed by atoms with Crippen molar-refractivity contribution in [1.82, 2.24) is 0 Å². The maximum atomic E-state index is 13.2. The third-order valence-electron chi connectivity index (χ3n) is 4.56. The lowest BCUT2D eigenvalue weighted by molar-refractivity contribution is -0.285. The number of carbonyl (C=O) groups is 2. The first-order valence-electron chi connectivity index (χ1n) is 9.20. The normalized spacial score (nSPS) is 15.0. The fourth-order valence-electron chi connectivity index (χ4n) is 2.34. The zero-order valence-corrected chi connectivity index (χ0v) is 18.0. The van der Waals surface area contributed by atoms with Crippen LogP contribution in [0.5, 0.6) is 0 Å². The number of halogens is 5. The summed E-state index contributed by atoms with van der Waals surface area (Å²) < 4.78 is 77.9. The monoisotopic (exact) mass is 444 g/mol. The van der Waals surface area contributed by atoms with E-state index in [0.717, 1.165) is 11.1 Å². The Morgan fingerprint density at radius 1 is 0.967 bits per heavy atom. The lowest BCUT2D eigenvalue weighted by atomic mass is 9.94. The van der Waals surface area contributed by atoms with Gasteiger partial charge in [0.15, 0.2) is 0 Å². The zero-order chi connectivity index (χ0) is 23.8. The molecule has 0 spiro atoms. The predicted octanol–water partition coefficient (Wildman–Crippen LogP) is 5.15. The van der Waals surface area contributed by atoms with Crippen molar-refractivity contribution in [2.45, 2.75) is 77.2 Å². The largest absolute Gasteiger partial charge is 0.466 e. The van der Waals surface area contributed by atoms with Crippen LogP contribution in [0.2, 0.25) is 0 Å². The van der Waals surface area contributed by atoms with Crippen molar-refractivity contribution in [3.8, 4) is 0 Å². The number of hydrogen-bond acceptors (Lipinski definition) is 5. The molecule has 0 bridgehead atoms. The summed E-state index contributed by atoms with van der Waals surface area (Å²) in [6.07, 6.45) is -2.74. The van der Waals surface area contributed by atoms with E-state index in [2.05, 4.69) is 9.47 Å². The Labute approximate surface area is 173 Å². The molecule has 0 fully saturated rings. The SMILES string of the molecule is COC(=O)/C=C(\C)CC/C=C(\C)CCC(OC(=O)C(F)(F)C(F)(F)F)C(C)(C)OC. The van der Waals surface area contributed by atoms with E-state index in [0.29, 0.717) is 12.8 Å². The number of rotatable bonds is 11. The Bertz CT molecular complexity index is 650. The predicted molar refractivity (Wildman–Crippen MR) is 100.0 cm³/mol. The highest BCUT2D eigenvalue weighted by Crippen LogP contribution is 2.37. The quantitative estimate of drug-likeness (QED) is 0.191. The smallest absolute Gasteiger partial charge is 0.465 e. The number of allylic oxidation sites excluding steroid dienone is 3. The molecule has 0 aromatic heterocycles. The van der Waals surface area contributed by atoms with Crippen molar-refractivity contribution in [1.29, 1.82) is 0 Å². The van der Waals surface area contributed by atoms with Crippen LogP contribution in [-0.4, -0.2) is 50.0 Å². The van der Waals surface area contributed by atoms with Gasteiger partial charge in [-0.05, 0) is 53.4 Å². The van der Waals surface area contributed by atoms with Crippen LogP contribution in [0.15, 0.2) is 23.3 Å². The minimum absolute atomic E-state index is 0.0141. The molecule has 0 aromatic rings. The lowest BCUT2D eigenvalue weighted by Gasteiger charge is -2.33. The van der Waals surface area contributed by atoms with Crippen LogP contribution in [0.1, 0.15) is 53.4 Å². The molecule has 1 unspecified atom stereocenters. The van der Waals surface area contributed by atoms with Crippen molar-refractivity contribution in [2.75, 3.05) is 14.2 Å². The maximum absolute atomic E-state index is 13.2. The maximum Gasteiger partial charge on any atom is 0.465 e. The topological polar surface area (TPSA) is 61.8 Å². The molecule has 0 aliphatic heterocycles. The Kier molecular flexibility index (Phi) is 10.7. The van der Waals surface area contributed by atoms with E-state index in [1.165, 1.54) is 34.1 Å². The molecule has 5 nitrogen and oxygen atoms in total. The van der Waals surface area contributed by atoms with Crippen molar-refractivity contribution in [3.05, 3.63) is 23.3 Å². The van der Waals surface area contributed by atoms with Gasteiger partial charge in [-0.25, -0.2) is 9.59 Å². The fraction of sp³-hybridized carbons (Fsp3) is 0.700. The summed E-state index contributed by atoms with van der Waals surface area (Å²) in [5.41, 5.74) is 0.335. The number of hydrogen-bond donors (Lipinski definition) is 0. The molecule has 0 aliphatic rings. The highest BCUT2D eigenvalue weighted by atomic mass is 19.4. The van der Waals surface area contributed by atoms with Gasteiger partial charge >= 0.3 is 24.0 Å². The lowest BCUT2D eigenvalue weighted by Crippen LogP contribution is -2.50. The van der Waals surface area contributed by atoms with Crippen LogP contribution < -0.4 is 0 Å². The molecule has 0 amide bonds. The minimum Gasteiger partial charge on any atom is -0.466 e. The van der Waals surface area contributed by atoms with Crippen LogP contribution in [-0.2, 0) is 23.8 Å². The second kappa shape index (κ2) is 11.4. The van der Waals surface area contributed by atoms with Gasteiger partial charge in [-0.15, -0.1) is 0 Å². The average molecular weight is 444 g/mol. The average Bonchev–Trinajstić information content (AvgIpc) is 2.63. The molecule has 0 radical (unpaired) electrons. The van der Waals surface area contributed by atoms with E-state index in [1.54, 1.807) is 13.8 Å². The van der Waals surface area contributed by atoms with Gasteiger partial charge in [0.05, 0.1) is 12.7 Å². The van der Waals surface area contributed by atoms with Gasteiger partial charge in [-0.2, -0.15) is 22.0 Å². The first-order valence-corrected chi connectivity index (χ1v) is 9.20. The molecule has 0 aromatic carbocycles. The van der Waals surface area contributed by atoms with E-state index in [-0.39, 0.29) is 12.8 Å². The number of carbonyl (C=O) groups excluding carboxylic acids is 2. The Hall–Kier alpha value is -1.97. The van der Waals surface area contributed by atoms with Gasteiger partial charge in [0.2, 0.25) is 0 Å². The standard InChI is InChI=1S/C20H29F5O5/c1-13(8-7-9-14(2)12-16(26)28-5)10-11-15(18(3,4)29-6)30-17(27)19(21,22)20(23,24)25/h8,12,15H,7,9-11H2,1-6H3/b13-8+,14-12+. The first kappa shape index (κ1) is 28.0. The van der Waals surface area contributed by atoms with Crippen LogP contribution in [0.3, 0.4) is 0 Å². The van der Waals surface area contributed by atoms with Gasteiger partial charge < -0.3 is 14.2 Å². The van der Waals surface area contributed by atoms with E-state index >= 15 is 0 Å². The van der Waals surface area contributed by atoms with Crippen LogP contribution in [0, 0.1) is 0 Å². The van der Waals surface area contributed by atoms with Gasteiger partial charge in [-0.1, -0.05) is 17.2 Å². The summed E-state index contributed by atoms with van der Waals surface area (Å²) in [7, 11) is 2.51. The molecular formula is C20H29F5O5. The third-order valence-corrected chi connectivity index (χ3v) is 4.56. The molecule has 30 heavy (non-hydrogen) atoms. The minimum atomic E-state index is -6.04. The molecule has 174 valence electrons. The molecule has 0 aliphatic carbocycles. The zero-order valence-electron chi connectivity index (χ0n) is 18.0. The molecule has 10 heteroatoms. The second-order valence-corrected chi connectivity index (χ2v) is 7.42. The highest BCUT2D eigenvalue weighted by Gasteiger charge is 2.65. The molecule has 0 saturated heterocycles. The summed E-state index contributed by atoms with van der Waals surface area (Å²) in [5, 5.41) is 0. The van der Waals surface area contributed by atoms with Crippen molar-refractivity contribution in [3.63, 3.8) is 0 Å². The summed E-state index contributed by atoms with van der Waals surface area (Å²) in [6, 6.07) is 0. The highest BCUT2D eigenvalue weighted by molar-refractivity contribution is 5.82.